The Morgan fingerprint density at radius 3 is 2.43 bits per heavy atom. The van der Waals surface area contributed by atoms with E-state index in [4.69, 9.17) is 24.1 Å². The first-order valence-electron chi connectivity index (χ1n) is 12.1. The second kappa shape index (κ2) is 12.2. The van der Waals surface area contributed by atoms with Crippen molar-refractivity contribution < 1.29 is 38.8 Å². The Morgan fingerprint density at radius 1 is 1.00 bits per heavy atom. The number of carboxylic acids is 2. The average molecular weight is 511 g/mol. The minimum absolute atomic E-state index is 0.00986. The molecule has 0 unspecified atom stereocenters. The smallest absolute Gasteiger partial charge is 0.328 e. The molecule has 2 aliphatic heterocycles. The van der Waals surface area contributed by atoms with E-state index in [-0.39, 0.29) is 6.10 Å². The second-order valence-electron chi connectivity index (χ2n) is 8.86. The number of hydrogen-bond acceptors (Lipinski definition) is 8. The first-order valence-corrected chi connectivity index (χ1v) is 12.1. The van der Waals surface area contributed by atoms with Crippen molar-refractivity contribution in [2.24, 2.45) is 5.92 Å². The van der Waals surface area contributed by atoms with Gasteiger partial charge < -0.3 is 39.4 Å². The summed E-state index contributed by atoms with van der Waals surface area (Å²) >= 11 is 0. The van der Waals surface area contributed by atoms with Crippen LogP contribution in [0.3, 0.4) is 0 Å². The summed E-state index contributed by atoms with van der Waals surface area (Å²) in [6, 6.07) is 13.3. The highest BCUT2D eigenvalue weighted by Gasteiger charge is 2.25. The van der Waals surface area contributed by atoms with Crippen LogP contribution in [0.2, 0.25) is 0 Å². The standard InChI is InChI=1S/C23H26N2O4.C4H4O4/c26-20-4-2-1-3-19(20)25-10-7-16(8-11-25)13-24-14-17-15-28-22-6-5-21-18(9-12-27-21)23(22)29-17;5-3(6)1-2-4(7)8/h1-6,9,12,16-17,24,26H,7-8,10-11,13-15H2;1-2H,(H,5,6)(H,7,8)/b;2-1+/t17-;/m0./s1. The van der Waals surface area contributed by atoms with Gasteiger partial charge in [-0.2, -0.15) is 0 Å². The van der Waals surface area contributed by atoms with Gasteiger partial charge in [0.25, 0.3) is 0 Å². The molecule has 1 fully saturated rings. The van der Waals surface area contributed by atoms with Crippen molar-refractivity contribution in [1.29, 1.82) is 0 Å². The molecule has 196 valence electrons. The molecule has 1 saturated heterocycles. The number of rotatable bonds is 7. The van der Waals surface area contributed by atoms with E-state index in [2.05, 4.69) is 10.2 Å². The van der Waals surface area contributed by atoms with E-state index in [0.29, 0.717) is 30.4 Å². The number of furan rings is 1. The molecule has 5 rings (SSSR count). The molecule has 10 nitrogen and oxygen atoms in total. The fourth-order valence-electron chi connectivity index (χ4n) is 4.42. The predicted molar refractivity (Wildman–Crippen MR) is 136 cm³/mol. The molecular formula is C27H30N2O8. The maximum Gasteiger partial charge on any atom is 0.328 e. The van der Waals surface area contributed by atoms with Gasteiger partial charge in [0.2, 0.25) is 0 Å². The molecule has 0 amide bonds. The zero-order chi connectivity index (χ0) is 26.2. The highest BCUT2D eigenvalue weighted by atomic mass is 16.6. The zero-order valence-electron chi connectivity index (χ0n) is 20.2. The molecule has 0 aliphatic carbocycles. The molecule has 2 aromatic carbocycles. The number of nitrogens with zero attached hydrogens (tertiary/aromatic N) is 1. The van der Waals surface area contributed by atoms with Crippen LogP contribution in [0, 0.1) is 5.92 Å². The molecule has 1 aromatic heterocycles. The Morgan fingerprint density at radius 2 is 1.73 bits per heavy atom. The molecule has 3 heterocycles. The number of aliphatic carboxylic acids is 2. The monoisotopic (exact) mass is 510 g/mol. The number of phenolic OH excluding ortho intramolecular Hbond substituents is 1. The number of piperidine rings is 1. The number of hydrogen-bond donors (Lipinski definition) is 4. The lowest BCUT2D eigenvalue weighted by Gasteiger charge is -2.34. The quantitative estimate of drug-likeness (QED) is 0.349. The number of phenols is 1. The SMILES string of the molecule is O=C(O)/C=C/C(=O)O.Oc1ccccc1N1CCC(CNC[C@H]2COc3ccc4occc4c3O2)CC1. The molecule has 4 N–H and O–H groups in total. The molecule has 3 aromatic rings. The summed E-state index contributed by atoms with van der Waals surface area (Å²) in [5, 5.41) is 30.2. The van der Waals surface area contributed by atoms with Crippen LogP contribution >= 0.6 is 0 Å². The number of carboxylic acid groups (broad SMARTS) is 2. The van der Waals surface area contributed by atoms with Crippen molar-refractivity contribution in [1.82, 2.24) is 5.32 Å². The van der Waals surface area contributed by atoms with Crippen molar-refractivity contribution in [3.63, 3.8) is 0 Å². The number of para-hydroxylation sites is 2. The summed E-state index contributed by atoms with van der Waals surface area (Å²) in [6.45, 7) is 4.22. The van der Waals surface area contributed by atoms with E-state index in [0.717, 1.165) is 67.2 Å². The third-order valence-corrected chi connectivity index (χ3v) is 6.27. The maximum absolute atomic E-state index is 10.1. The fraction of sp³-hybridized carbons (Fsp3) is 0.333. The molecule has 2 aliphatic rings. The van der Waals surface area contributed by atoms with E-state index in [1.807, 2.05) is 36.4 Å². The van der Waals surface area contributed by atoms with Crippen molar-refractivity contribution in [3.8, 4) is 17.2 Å². The minimum atomic E-state index is -1.26. The summed E-state index contributed by atoms with van der Waals surface area (Å²) < 4.78 is 17.5. The second-order valence-corrected chi connectivity index (χ2v) is 8.86. The van der Waals surface area contributed by atoms with Gasteiger partial charge in [-0.05, 0) is 55.6 Å². The van der Waals surface area contributed by atoms with Crippen LogP contribution in [0.4, 0.5) is 5.69 Å². The van der Waals surface area contributed by atoms with E-state index in [1.165, 1.54) is 0 Å². The van der Waals surface area contributed by atoms with Gasteiger partial charge >= 0.3 is 11.9 Å². The van der Waals surface area contributed by atoms with E-state index < -0.39 is 11.9 Å². The number of nitrogens with one attached hydrogen (secondary N) is 1. The first-order chi connectivity index (χ1) is 17.9. The van der Waals surface area contributed by atoms with Gasteiger partial charge in [0.15, 0.2) is 11.5 Å². The molecule has 0 radical (unpaired) electrons. The van der Waals surface area contributed by atoms with Gasteiger partial charge in [-0.1, -0.05) is 12.1 Å². The van der Waals surface area contributed by atoms with Crippen LogP contribution < -0.4 is 19.7 Å². The van der Waals surface area contributed by atoms with Gasteiger partial charge in [0, 0.05) is 31.8 Å². The average Bonchev–Trinajstić information content (AvgIpc) is 3.38. The fourth-order valence-corrected chi connectivity index (χ4v) is 4.42. The molecule has 0 spiro atoms. The van der Waals surface area contributed by atoms with E-state index in [1.54, 1.807) is 12.3 Å². The zero-order valence-corrected chi connectivity index (χ0v) is 20.2. The number of anilines is 1. The Labute approximate surface area is 213 Å². The lowest BCUT2D eigenvalue weighted by atomic mass is 9.96. The van der Waals surface area contributed by atoms with Crippen LogP contribution in [0.15, 0.2) is 65.3 Å². The summed E-state index contributed by atoms with van der Waals surface area (Å²) in [4.78, 5) is 21.4. The summed E-state index contributed by atoms with van der Waals surface area (Å²) in [7, 11) is 0. The van der Waals surface area contributed by atoms with Gasteiger partial charge in [0.05, 0.1) is 17.3 Å². The molecule has 1 atom stereocenters. The summed E-state index contributed by atoms with van der Waals surface area (Å²) in [5.74, 6) is 0.0526. The molecule has 0 bridgehead atoms. The van der Waals surface area contributed by atoms with Crippen LogP contribution in [0.5, 0.6) is 17.2 Å². The molecule has 10 heteroatoms. The van der Waals surface area contributed by atoms with E-state index in [9.17, 15) is 14.7 Å². The number of ether oxygens (including phenoxy) is 2. The number of fused-ring (bicyclic) bond motifs is 3. The topological polar surface area (TPSA) is 142 Å². The molecular weight excluding hydrogens is 480 g/mol. The van der Waals surface area contributed by atoms with Crippen LogP contribution in [-0.2, 0) is 9.59 Å². The number of aromatic hydroxyl groups is 1. The predicted octanol–water partition coefficient (Wildman–Crippen LogP) is 3.50. The largest absolute Gasteiger partial charge is 0.506 e. The van der Waals surface area contributed by atoms with Crippen LogP contribution in [0.25, 0.3) is 11.0 Å². The summed E-state index contributed by atoms with van der Waals surface area (Å²) in [6.07, 6.45) is 5.01. The van der Waals surface area contributed by atoms with Gasteiger partial charge in [-0.15, -0.1) is 0 Å². The molecule has 37 heavy (non-hydrogen) atoms. The van der Waals surface area contributed by atoms with Crippen molar-refractivity contribution in [3.05, 3.63) is 60.9 Å². The van der Waals surface area contributed by atoms with Crippen molar-refractivity contribution >= 4 is 28.6 Å². The highest BCUT2D eigenvalue weighted by Crippen LogP contribution is 2.39. The Bertz CT molecular complexity index is 1230. The van der Waals surface area contributed by atoms with Crippen LogP contribution in [-0.4, -0.2) is 66.1 Å². The third-order valence-electron chi connectivity index (χ3n) is 6.27. The van der Waals surface area contributed by atoms with Crippen molar-refractivity contribution in [2.75, 3.05) is 37.7 Å². The van der Waals surface area contributed by atoms with Crippen molar-refractivity contribution in [2.45, 2.75) is 18.9 Å². The van der Waals surface area contributed by atoms with Gasteiger partial charge in [-0.3, -0.25) is 0 Å². The summed E-state index contributed by atoms with van der Waals surface area (Å²) in [5.41, 5.74) is 1.76. The van der Waals surface area contributed by atoms with Crippen LogP contribution in [0.1, 0.15) is 12.8 Å². The molecule has 0 saturated carbocycles. The Hall–Kier alpha value is -4.18. The normalized spacial score (nSPS) is 17.4. The van der Waals surface area contributed by atoms with Gasteiger partial charge in [-0.25, -0.2) is 9.59 Å². The third kappa shape index (κ3) is 6.95. The maximum atomic E-state index is 10.1. The first kappa shape index (κ1) is 25.9. The lowest BCUT2D eigenvalue weighted by Crippen LogP contribution is -2.42. The number of carbonyl (C=O) groups is 2. The number of benzene rings is 2. The highest BCUT2D eigenvalue weighted by molar-refractivity contribution is 5.89. The Balaban J connectivity index is 0.000000349. The van der Waals surface area contributed by atoms with Gasteiger partial charge in [0.1, 0.15) is 24.0 Å². The Kier molecular flexibility index (Phi) is 8.52. The van der Waals surface area contributed by atoms with E-state index >= 15 is 0 Å². The lowest BCUT2D eigenvalue weighted by molar-refractivity contribution is -0.134. The minimum Gasteiger partial charge on any atom is -0.506 e.